The average molecular weight is 321 g/mol. The van der Waals surface area contributed by atoms with Crippen molar-refractivity contribution in [2.24, 2.45) is 0 Å². The predicted octanol–water partition coefficient (Wildman–Crippen LogP) is 2.18. The van der Waals surface area contributed by atoms with Crippen LogP contribution in [0.15, 0.2) is 59.5 Å². The molecule has 0 unspecified atom stereocenters. The van der Waals surface area contributed by atoms with Crippen LogP contribution in [0.3, 0.4) is 0 Å². The molecule has 0 N–H and O–H groups in total. The van der Waals surface area contributed by atoms with Crippen LogP contribution in [0.2, 0.25) is 0 Å². The summed E-state index contributed by atoms with van der Waals surface area (Å²) >= 11 is 0. The van der Waals surface area contributed by atoms with Gasteiger partial charge in [-0.15, -0.1) is 0 Å². The highest BCUT2D eigenvalue weighted by Crippen LogP contribution is 2.17. The molecule has 8 heteroatoms. The van der Waals surface area contributed by atoms with E-state index in [1.54, 1.807) is 30.3 Å². The summed E-state index contributed by atoms with van der Waals surface area (Å²) in [5.74, 6) is -0.480. The topological polar surface area (TPSA) is 104 Å². The first-order valence-electron chi connectivity index (χ1n) is 6.12. The average Bonchev–Trinajstić information content (AvgIpc) is 2.53. The van der Waals surface area contributed by atoms with Crippen LogP contribution >= 0.6 is 0 Å². The zero-order chi connectivity index (χ0) is 16.2. The molecule has 0 radical (unpaired) electrons. The third kappa shape index (κ3) is 3.74. The first kappa shape index (κ1) is 15.8. The van der Waals surface area contributed by atoms with Crippen LogP contribution in [-0.2, 0) is 14.3 Å². The number of nitro groups is 1. The highest BCUT2D eigenvalue weighted by Gasteiger charge is 2.19. The summed E-state index contributed by atoms with van der Waals surface area (Å²) < 4.78 is 28.5. The van der Waals surface area contributed by atoms with Crippen LogP contribution in [0.4, 0.5) is 5.69 Å². The molecule has 0 saturated carbocycles. The lowest BCUT2D eigenvalue weighted by molar-refractivity contribution is -0.384. The zero-order valence-corrected chi connectivity index (χ0v) is 12.0. The van der Waals surface area contributed by atoms with Crippen LogP contribution in [0.5, 0.6) is 0 Å². The van der Waals surface area contributed by atoms with Crippen LogP contribution in [0, 0.1) is 10.1 Å². The minimum Gasteiger partial charge on any atom is -0.291 e. The highest BCUT2D eigenvalue weighted by atomic mass is 32.2. The molecular weight excluding hydrogens is 310 g/mol. The number of Topliss-reactive ketones (excluding diaryl/α,β-unsaturated/α-hetero) is 1. The summed E-state index contributed by atoms with van der Waals surface area (Å²) in [5, 5.41) is 10.5. The molecule has 0 aliphatic heterocycles. The van der Waals surface area contributed by atoms with Crippen molar-refractivity contribution >= 4 is 21.6 Å². The van der Waals surface area contributed by atoms with E-state index in [1.807, 2.05) is 0 Å². The number of carbonyl (C=O) groups is 1. The molecule has 2 aromatic carbocycles. The largest absolute Gasteiger partial charge is 0.297 e. The van der Waals surface area contributed by atoms with Gasteiger partial charge in [0.2, 0.25) is 0 Å². The molecule has 0 saturated heterocycles. The zero-order valence-electron chi connectivity index (χ0n) is 11.2. The molecule has 0 aliphatic carbocycles. The van der Waals surface area contributed by atoms with Gasteiger partial charge >= 0.3 is 0 Å². The number of rotatable bonds is 6. The van der Waals surface area contributed by atoms with E-state index in [2.05, 4.69) is 4.18 Å². The molecule has 0 atom stereocenters. The van der Waals surface area contributed by atoms with Crippen molar-refractivity contribution in [3.63, 3.8) is 0 Å². The van der Waals surface area contributed by atoms with E-state index in [0.717, 1.165) is 24.3 Å². The maximum Gasteiger partial charge on any atom is 0.297 e. The lowest BCUT2D eigenvalue weighted by Crippen LogP contribution is -2.14. The summed E-state index contributed by atoms with van der Waals surface area (Å²) in [6.45, 7) is -0.636. The Kier molecular flexibility index (Phi) is 4.64. The highest BCUT2D eigenvalue weighted by molar-refractivity contribution is 7.86. The summed E-state index contributed by atoms with van der Waals surface area (Å²) in [5.41, 5.74) is 0.0979. The van der Waals surface area contributed by atoms with E-state index in [-0.39, 0.29) is 10.6 Å². The normalized spacial score (nSPS) is 11.1. The van der Waals surface area contributed by atoms with Gasteiger partial charge in [0.1, 0.15) is 6.61 Å². The van der Waals surface area contributed by atoms with E-state index >= 15 is 0 Å². The minimum atomic E-state index is -4.15. The fourth-order valence-electron chi connectivity index (χ4n) is 1.64. The summed E-state index contributed by atoms with van der Waals surface area (Å²) in [7, 11) is -4.15. The predicted molar refractivity (Wildman–Crippen MR) is 77.0 cm³/mol. The Morgan fingerprint density at radius 2 is 1.64 bits per heavy atom. The quantitative estimate of drug-likeness (QED) is 0.349. The first-order valence-corrected chi connectivity index (χ1v) is 7.53. The number of ketones is 1. The SMILES string of the molecule is O=C(COS(=O)(=O)c1ccc([N+](=O)[O-])cc1)c1ccccc1. The Balaban J connectivity index is 2.08. The molecule has 0 aromatic heterocycles. The van der Waals surface area contributed by atoms with Crippen molar-refractivity contribution in [1.82, 2.24) is 0 Å². The van der Waals surface area contributed by atoms with Crippen molar-refractivity contribution in [1.29, 1.82) is 0 Å². The smallest absolute Gasteiger partial charge is 0.291 e. The van der Waals surface area contributed by atoms with Crippen molar-refractivity contribution in [3.8, 4) is 0 Å². The molecule has 22 heavy (non-hydrogen) atoms. The van der Waals surface area contributed by atoms with Gasteiger partial charge in [-0.05, 0) is 12.1 Å². The standard InChI is InChI=1S/C14H11NO6S/c16-14(11-4-2-1-3-5-11)10-21-22(19,20)13-8-6-12(7-9-13)15(17)18/h1-9H,10H2. The number of hydrogen-bond acceptors (Lipinski definition) is 6. The van der Waals surface area contributed by atoms with Crippen LogP contribution < -0.4 is 0 Å². The van der Waals surface area contributed by atoms with Crippen LogP contribution in [0.1, 0.15) is 10.4 Å². The molecule has 7 nitrogen and oxygen atoms in total. The van der Waals surface area contributed by atoms with Gasteiger partial charge in [0.15, 0.2) is 5.78 Å². The molecule has 2 rings (SSSR count). The van der Waals surface area contributed by atoms with Crippen molar-refractivity contribution in [3.05, 3.63) is 70.3 Å². The second-order valence-corrected chi connectivity index (χ2v) is 5.87. The second-order valence-electron chi connectivity index (χ2n) is 4.26. The molecule has 0 fully saturated rings. The Labute approximate surface area is 126 Å². The molecule has 0 amide bonds. The Bertz CT molecular complexity index is 784. The van der Waals surface area contributed by atoms with Crippen LogP contribution in [-0.4, -0.2) is 25.7 Å². The van der Waals surface area contributed by atoms with Gasteiger partial charge in [0.25, 0.3) is 15.8 Å². The minimum absolute atomic E-state index is 0.237. The Morgan fingerprint density at radius 3 is 2.18 bits per heavy atom. The third-order valence-corrected chi connectivity index (χ3v) is 4.05. The molecule has 0 bridgehead atoms. The summed E-state index contributed by atoms with van der Waals surface area (Å²) in [6, 6.07) is 12.3. The fraction of sp³-hybridized carbons (Fsp3) is 0.0714. The second kappa shape index (κ2) is 6.46. The lowest BCUT2D eigenvalue weighted by atomic mass is 10.1. The molecule has 0 spiro atoms. The fourth-order valence-corrected chi connectivity index (χ4v) is 2.51. The van der Waals surface area contributed by atoms with Gasteiger partial charge < -0.3 is 0 Å². The molecule has 0 heterocycles. The number of hydrogen-bond donors (Lipinski definition) is 0. The van der Waals surface area contributed by atoms with E-state index in [0.29, 0.717) is 5.56 Å². The number of carbonyl (C=O) groups excluding carboxylic acids is 1. The van der Waals surface area contributed by atoms with Crippen molar-refractivity contribution in [2.45, 2.75) is 4.90 Å². The van der Waals surface area contributed by atoms with E-state index in [4.69, 9.17) is 0 Å². The van der Waals surface area contributed by atoms with Gasteiger partial charge in [-0.1, -0.05) is 30.3 Å². The van der Waals surface area contributed by atoms with Gasteiger partial charge in [-0.2, -0.15) is 8.42 Å². The number of nitro benzene ring substituents is 1. The maximum absolute atomic E-state index is 11.9. The molecular formula is C14H11NO6S. The van der Waals surface area contributed by atoms with E-state index in [1.165, 1.54) is 0 Å². The van der Waals surface area contributed by atoms with Crippen molar-refractivity contribution in [2.75, 3.05) is 6.61 Å². The first-order chi connectivity index (χ1) is 10.4. The monoisotopic (exact) mass is 321 g/mol. The maximum atomic E-state index is 11.9. The molecule has 0 aliphatic rings. The lowest BCUT2D eigenvalue weighted by Gasteiger charge is -2.05. The Morgan fingerprint density at radius 1 is 1.05 bits per heavy atom. The van der Waals surface area contributed by atoms with E-state index in [9.17, 15) is 23.3 Å². The van der Waals surface area contributed by atoms with Gasteiger partial charge in [0.05, 0.1) is 9.82 Å². The van der Waals surface area contributed by atoms with E-state index < -0.39 is 27.4 Å². The van der Waals surface area contributed by atoms with Gasteiger partial charge in [-0.3, -0.25) is 19.1 Å². The Hall–Kier alpha value is -2.58. The van der Waals surface area contributed by atoms with Crippen molar-refractivity contribution < 1.29 is 22.3 Å². The summed E-state index contributed by atoms with van der Waals surface area (Å²) in [4.78, 5) is 21.4. The molecule has 114 valence electrons. The number of nitrogens with zero attached hydrogens (tertiary/aromatic N) is 1. The van der Waals surface area contributed by atoms with Gasteiger partial charge in [-0.25, -0.2) is 0 Å². The summed E-state index contributed by atoms with van der Waals surface area (Å²) in [6.07, 6.45) is 0. The molecule has 2 aromatic rings. The third-order valence-electron chi connectivity index (χ3n) is 2.78. The van der Waals surface area contributed by atoms with Gasteiger partial charge in [0, 0.05) is 17.7 Å². The number of benzene rings is 2. The van der Waals surface area contributed by atoms with Crippen LogP contribution in [0.25, 0.3) is 0 Å². The number of non-ortho nitro benzene ring substituents is 1.